The molecule has 0 unspecified atom stereocenters. The van der Waals surface area contributed by atoms with Crippen molar-refractivity contribution >= 4 is 22.7 Å². The summed E-state index contributed by atoms with van der Waals surface area (Å²) in [6.07, 6.45) is 2.09. The second-order valence-electron chi connectivity index (χ2n) is 17.9. The molecule has 0 aliphatic carbocycles. The Bertz CT molecular complexity index is 3710. The number of aromatic nitrogens is 6. The van der Waals surface area contributed by atoms with Crippen LogP contribution in [0, 0.1) is 13.8 Å². The molecule has 12 rings (SSSR count). The molecule has 0 aliphatic rings. The summed E-state index contributed by atoms with van der Waals surface area (Å²) in [7, 11) is 0. The lowest BCUT2D eigenvalue weighted by Gasteiger charge is -2.27. The van der Waals surface area contributed by atoms with Crippen LogP contribution in [0.15, 0.2) is 249 Å². The van der Waals surface area contributed by atoms with Gasteiger partial charge >= 0.3 is 0 Å². The Hall–Kier alpha value is -9.59. The van der Waals surface area contributed by atoms with E-state index in [0.717, 1.165) is 107 Å². The predicted molar refractivity (Wildman–Crippen MR) is 294 cm³/mol. The standard InChI is InChI=1S/C65H47N7/c1-44-41-59(42-45(2)66-44)72(58-22-14-21-56(43-58)62-61(52-19-10-5-11-20-52)67-60-23-12-13-40-71(60)62)57-38-36-51(37-39-57)50-28-34-55(35-29-50)65-69-63(53-30-24-48(25-31-53)46-15-6-3-7-16-46)68-64(70-65)54-32-26-49(27-33-54)47-17-8-4-9-18-47/h3-43H,1-2H3. The molecule has 0 radical (unpaired) electrons. The van der Waals surface area contributed by atoms with E-state index < -0.39 is 0 Å². The Morgan fingerprint density at radius 3 is 1.18 bits per heavy atom. The fourth-order valence-corrected chi connectivity index (χ4v) is 9.51. The summed E-state index contributed by atoms with van der Waals surface area (Å²) in [5.41, 5.74) is 19.5. The molecule has 4 heterocycles. The van der Waals surface area contributed by atoms with Gasteiger partial charge < -0.3 is 4.90 Å². The largest absolute Gasteiger partial charge is 0.310 e. The zero-order valence-electron chi connectivity index (χ0n) is 39.8. The maximum atomic E-state index is 5.12. The third kappa shape index (κ3) is 8.83. The number of aryl methyl sites for hydroxylation is 2. The first-order valence-corrected chi connectivity index (χ1v) is 24.1. The van der Waals surface area contributed by atoms with Crippen molar-refractivity contribution in [2.24, 2.45) is 0 Å². The molecule has 0 amide bonds. The lowest BCUT2D eigenvalue weighted by atomic mass is 10.0. The van der Waals surface area contributed by atoms with Gasteiger partial charge in [-0.25, -0.2) is 19.9 Å². The number of hydrogen-bond donors (Lipinski definition) is 0. The molecule has 0 aliphatic heterocycles. The summed E-state index contributed by atoms with van der Waals surface area (Å²) in [5.74, 6) is 1.84. The molecule has 7 nitrogen and oxygen atoms in total. The average molecular weight is 926 g/mol. The summed E-state index contributed by atoms with van der Waals surface area (Å²) in [4.78, 5) is 27.4. The fourth-order valence-electron chi connectivity index (χ4n) is 9.51. The van der Waals surface area contributed by atoms with E-state index in [9.17, 15) is 0 Å². The number of fused-ring (bicyclic) bond motifs is 1. The Balaban J connectivity index is 0.882. The topological polar surface area (TPSA) is 72.1 Å². The molecule has 0 fully saturated rings. The van der Waals surface area contributed by atoms with Gasteiger partial charge in [0.05, 0.1) is 11.4 Å². The number of hydrogen-bond acceptors (Lipinski definition) is 6. The minimum atomic E-state index is 0.608. The van der Waals surface area contributed by atoms with Crippen LogP contribution in [0.5, 0.6) is 0 Å². The zero-order chi connectivity index (χ0) is 48.4. The van der Waals surface area contributed by atoms with E-state index in [2.05, 4.69) is 234 Å². The number of pyridine rings is 2. The minimum Gasteiger partial charge on any atom is -0.310 e. The normalized spacial score (nSPS) is 11.2. The Labute approximate surface area is 419 Å². The lowest BCUT2D eigenvalue weighted by molar-refractivity contribution is 1.07. The molecular formula is C65H47N7. The summed E-state index contributed by atoms with van der Waals surface area (Å²) < 4.78 is 2.18. The molecule has 342 valence electrons. The molecule has 72 heavy (non-hydrogen) atoms. The highest BCUT2D eigenvalue weighted by molar-refractivity contribution is 5.86. The zero-order valence-corrected chi connectivity index (χ0v) is 39.8. The van der Waals surface area contributed by atoms with Crippen LogP contribution in [0.25, 0.3) is 95.7 Å². The first kappa shape index (κ1) is 43.7. The molecule has 7 heteroatoms. The van der Waals surface area contributed by atoms with E-state index in [0.29, 0.717) is 17.5 Å². The number of nitrogens with zero attached hydrogens (tertiary/aromatic N) is 7. The van der Waals surface area contributed by atoms with Crippen molar-refractivity contribution in [2.45, 2.75) is 13.8 Å². The van der Waals surface area contributed by atoms with Gasteiger partial charge in [0.15, 0.2) is 17.5 Å². The molecule has 0 spiro atoms. The Kier molecular flexibility index (Phi) is 11.6. The van der Waals surface area contributed by atoms with Gasteiger partial charge in [0.1, 0.15) is 5.65 Å². The van der Waals surface area contributed by atoms with E-state index >= 15 is 0 Å². The first-order valence-electron chi connectivity index (χ1n) is 24.1. The second-order valence-corrected chi connectivity index (χ2v) is 17.9. The van der Waals surface area contributed by atoms with Gasteiger partial charge in [-0.1, -0.05) is 194 Å². The predicted octanol–water partition coefficient (Wildman–Crippen LogP) is 16.3. The van der Waals surface area contributed by atoms with Crippen LogP contribution in [-0.4, -0.2) is 29.3 Å². The maximum absolute atomic E-state index is 5.12. The molecule has 0 N–H and O–H groups in total. The molecular weight excluding hydrogens is 879 g/mol. The van der Waals surface area contributed by atoms with Crippen molar-refractivity contribution in [3.05, 3.63) is 260 Å². The Morgan fingerprint density at radius 1 is 0.292 bits per heavy atom. The van der Waals surface area contributed by atoms with E-state index in [1.165, 1.54) is 0 Å². The van der Waals surface area contributed by atoms with Crippen molar-refractivity contribution in [1.82, 2.24) is 29.3 Å². The molecule has 0 atom stereocenters. The lowest BCUT2D eigenvalue weighted by Crippen LogP contribution is -2.11. The molecule has 0 saturated heterocycles. The van der Waals surface area contributed by atoms with Gasteiger partial charge in [0.2, 0.25) is 0 Å². The summed E-state index contributed by atoms with van der Waals surface area (Å²) in [5, 5.41) is 0. The summed E-state index contributed by atoms with van der Waals surface area (Å²) in [6.45, 7) is 4.10. The van der Waals surface area contributed by atoms with Gasteiger partial charge in [-0.05, 0) is 95.8 Å². The molecule has 12 aromatic rings. The minimum absolute atomic E-state index is 0.608. The van der Waals surface area contributed by atoms with Crippen LogP contribution in [0.4, 0.5) is 17.1 Å². The quantitative estimate of drug-likeness (QED) is 0.129. The van der Waals surface area contributed by atoms with E-state index in [1.54, 1.807) is 0 Å². The Morgan fingerprint density at radius 2 is 0.694 bits per heavy atom. The van der Waals surface area contributed by atoms with Gasteiger partial charge in [0.25, 0.3) is 0 Å². The smallest absolute Gasteiger partial charge is 0.164 e. The number of anilines is 3. The van der Waals surface area contributed by atoms with Crippen molar-refractivity contribution in [3.8, 4) is 90.1 Å². The van der Waals surface area contributed by atoms with Crippen LogP contribution >= 0.6 is 0 Å². The van der Waals surface area contributed by atoms with Crippen LogP contribution in [0.2, 0.25) is 0 Å². The molecule has 0 bridgehead atoms. The van der Waals surface area contributed by atoms with E-state index in [-0.39, 0.29) is 0 Å². The number of imidazole rings is 1. The maximum Gasteiger partial charge on any atom is 0.164 e. The van der Waals surface area contributed by atoms with E-state index in [4.69, 9.17) is 24.9 Å². The van der Waals surface area contributed by atoms with Crippen molar-refractivity contribution in [1.29, 1.82) is 0 Å². The van der Waals surface area contributed by atoms with Crippen LogP contribution in [0.3, 0.4) is 0 Å². The highest BCUT2D eigenvalue weighted by Crippen LogP contribution is 2.40. The first-order chi connectivity index (χ1) is 35.5. The van der Waals surface area contributed by atoms with Crippen LogP contribution in [-0.2, 0) is 0 Å². The molecule has 0 saturated carbocycles. The van der Waals surface area contributed by atoms with Gasteiger partial charge in [-0.15, -0.1) is 0 Å². The molecule has 8 aromatic carbocycles. The third-order valence-electron chi connectivity index (χ3n) is 13.0. The highest BCUT2D eigenvalue weighted by atomic mass is 15.1. The van der Waals surface area contributed by atoms with Crippen molar-refractivity contribution in [2.75, 3.05) is 4.90 Å². The second kappa shape index (κ2) is 19.1. The highest BCUT2D eigenvalue weighted by Gasteiger charge is 2.20. The summed E-state index contributed by atoms with van der Waals surface area (Å²) >= 11 is 0. The van der Waals surface area contributed by atoms with Crippen molar-refractivity contribution in [3.63, 3.8) is 0 Å². The SMILES string of the molecule is Cc1cc(N(c2ccc(-c3ccc(-c4nc(-c5ccc(-c6ccccc6)cc5)nc(-c5ccc(-c6ccccc6)cc5)n4)cc3)cc2)c2cccc(-c3c(-c4ccccc4)nc4ccccn34)c2)cc(C)n1. The van der Waals surface area contributed by atoms with Crippen molar-refractivity contribution < 1.29 is 0 Å². The molecule has 4 aromatic heterocycles. The monoisotopic (exact) mass is 925 g/mol. The fraction of sp³-hybridized carbons (Fsp3) is 0.0308. The average Bonchev–Trinajstić information content (AvgIpc) is 3.84. The third-order valence-corrected chi connectivity index (χ3v) is 13.0. The van der Waals surface area contributed by atoms with Gasteiger partial charge in [0, 0.05) is 62.5 Å². The van der Waals surface area contributed by atoms with Gasteiger partial charge in [-0.2, -0.15) is 0 Å². The summed E-state index contributed by atoms with van der Waals surface area (Å²) in [6, 6.07) is 84.5. The number of benzene rings is 8. The number of rotatable bonds is 11. The van der Waals surface area contributed by atoms with Crippen LogP contribution in [0.1, 0.15) is 11.4 Å². The van der Waals surface area contributed by atoms with Crippen LogP contribution < -0.4 is 4.90 Å². The van der Waals surface area contributed by atoms with Gasteiger partial charge in [-0.3, -0.25) is 9.38 Å². The van der Waals surface area contributed by atoms with E-state index in [1.807, 2.05) is 38.1 Å².